The minimum atomic E-state index is -2.83. The minimum Gasteiger partial charge on any atom is -0.434 e. The first kappa shape index (κ1) is 14.4. The quantitative estimate of drug-likeness (QED) is 0.864. The van der Waals surface area contributed by atoms with E-state index in [1.54, 1.807) is 42.6 Å². The van der Waals surface area contributed by atoms with E-state index in [2.05, 4.69) is 26.0 Å². The van der Waals surface area contributed by atoms with Crippen molar-refractivity contribution in [3.63, 3.8) is 0 Å². The fraction of sp³-hybridized carbons (Fsp3) is 0.231. The summed E-state index contributed by atoms with van der Waals surface area (Å²) in [7, 11) is 1.79. The largest absolute Gasteiger partial charge is 0.434 e. The first-order valence-electron chi connectivity index (χ1n) is 5.58. The normalized spacial score (nSPS) is 12.7. The molecule has 2 rings (SSSR count). The van der Waals surface area contributed by atoms with Gasteiger partial charge in [-0.3, -0.25) is 0 Å². The molecule has 1 aromatic carbocycles. The van der Waals surface area contributed by atoms with Crippen LogP contribution in [0.1, 0.15) is 16.5 Å². The molecule has 1 N–H and O–H groups in total. The Morgan fingerprint density at radius 2 is 1.95 bits per heavy atom. The van der Waals surface area contributed by atoms with Gasteiger partial charge in [0.15, 0.2) is 0 Å². The highest BCUT2D eigenvalue weighted by Gasteiger charge is 2.19. The molecule has 0 saturated carbocycles. The number of alkyl halides is 2. The average molecular weight is 348 g/mol. The Balaban J connectivity index is 2.38. The van der Waals surface area contributed by atoms with Gasteiger partial charge in [-0.05, 0) is 41.2 Å². The number of hydrogen-bond acceptors (Lipinski definition) is 3. The second-order valence-corrected chi connectivity index (χ2v) is 6.27. The molecular weight excluding hydrogens is 336 g/mol. The van der Waals surface area contributed by atoms with Crippen molar-refractivity contribution in [2.24, 2.45) is 0 Å². The van der Waals surface area contributed by atoms with Crippen molar-refractivity contribution in [1.82, 2.24) is 5.32 Å². The van der Waals surface area contributed by atoms with Gasteiger partial charge in [-0.25, -0.2) is 0 Å². The highest BCUT2D eigenvalue weighted by atomic mass is 79.9. The molecule has 0 saturated heterocycles. The lowest BCUT2D eigenvalue weighted by Crippen LogP contribution is -2.18. The summed E-state index contributed by atoms with van der Waals surface area (Å²) >= 11 is 4.95. The summed E-state index contributed by atoms with van der Waals surface area (Å²) in [6.45, 7) is -2.83. The zero-order chi connectivity index (χ0) is 13.8. The van der Waals surface area contributed by atoms with Crippen LogP contribution >= 0.6 is 27.3 Å². The fourth-order valence-electron chi connectivity index (χ4n) is 1.86. The Morgan fingerprint density at radius 1 is 1.21 bits per heavy atom. The second-order valence-electron chi connectivity index (χ2n) is 3.78. The Morgan fingerprint density at radius 3 is 2.53 bits per heavy atom. The summed E-state index contributed by atoms with van der Waals surface area (Å²) in [5, 5.41) is 3.13. The van der Waals surface area contributed by atoms with Crippen LogP contribution in [0.15, 0.2) is 40.2 Å². The molecule has 0 aliphatic heterocycles. The standard InChI is InChI=1S/C13H12BrF2NOS/c1-17-12(10-6-7-11(14)19-10)8-4-2-3-5-9(8)18-13(15)16/h2-7,12-13,17H,1H3. The van der Waals surface area contributed by atoms with E-state index in [9.17, 15) is 8.78 Å². The van der Waals surface area contributed by atoms with Gasteiger partial charge in [0.1, 0.15) is 5.75 Å². The predicted molar refractivity (Wildman–Crippen MR) is 76.0 cm³/mol. The lowest BCUT2D eigenvalue weighted by Gasteiger charge is -2.18. The maximum absolute atomic E-state index is 12.4. The summed E-state index contributed by atoms with van der Waals surface area (Å²) < 4.78 is 30.4. The van der Waals surface area contributed by atoms with Gasteiger partial charge < -0.3 is 10.1 Å². The first-order chi connectivity index (χ1) is 9.11. The molecule has 2 aromatic rings. The van der Waals surface area contributed by atoms with Crippen LogP contribution in [0.2, 0.25) is 0 Å². The molecule has 1 atom stereocenters. The van der Waals surface area contributed by atoms with E-state index in [4.69, 9.17) is 0 Å². The SMILES string of the molecule is CNC(c1ccc(Br)s1)c1ccccc1OC(F)F. The maximum atomic E-state index is 12.4. The molecule has 1 aromatic heterocycles. The van der Waals surface area contributed by atoms with Gasteiger partial charge in [-0.2, -0.15) is 8.78 Å². The van der Waals surface area contributed by atoms with Crippen molar-refractivity contribution in [3.05, 3.63) is 50.6 Å². The molecule has 0 bridgehead atoms. The topological polar surface area (TPSA) is 21.3 Å². The van der Waals surface area contributed by atoms with Crippen LogP contribution < -0.4 is 10.1 Å². The van der Waals surface area contributed by atoms with Crippen LogP contribution in [0.3, 0.4) is 0 Å². The maximum Gasteiger partial charge on any atom is 0.387 e. The summed E-state index contributed by atoms with van der Waals surface area (Å²) in [5.74, 6) is 0.196. The Labute approximate surface area is 122 Å². The molecule has 0 spiro atoms. The van der Waals surface area contributed by atoms with E-state index < -0.39 is 6.61 Å². The number of nitrogens with one attached hydrogen (secondary N) is 1. The highest BCUT2D eigenvalue weighted by Crippen LogP contribution is 2.35. The van der Waals surface area contributed by atoms with Crippen molar-refractivity contribution >= 4 is 27.3 Å². The molecule has 1 unspecified atom stereocenters. The van der Waals surface area contributed by atoms with Gasteiger partial charge in [-0.15, -0.1) is 11.3 Å². The molecular formula is C13H12BrF2NOS. The Kier molecular flexibility index (Phi) is 4.90. The molecule has 19 heavy (non-hydrogen) atoms. The van der Waals surface area contributed by atoms with E-state index in [1.165, 1.54) is 0 Å². The predicted octanol–water partition coefficient (Wildman–Crippen LogP) is 4.42. The second kappa shape index (κ2) is 6.45. The van der Waals surface area contributed by atoms with E-state index in [-0.39, 0.29) is 11.8 Å². The third-order valence-electron chi connectivity index (χ3n) is 2.61. The lowest BCUT2D eigenvalue weighted by molar-refractivity contribution is -0.0506. The van der Waals surface area contributed by atoms with Crippen LogP contribution in [-0.4, -0.2) is 13.7 Å². The summed E-state index contributed by atoms with van der Waals surface area (Å²) in [5.41, 5.74) is 0.694. The van der Waals surface area contributed by atoms with Crippen LogP contribution in [0.25, 0.3) is 0 Å². The van der Waals surface area contributed by atoms with Crippen molar-refractivity contribution in [3.8, 4) is 5.75 Å². The van der Waals surface area contributed by atoms with Gasteiger partial charge in [0, 0.05) is 10.4 Å². The highest BCUT2D eigenvalue weighted by molar-refractivity contribution is 9.11. The number of ether oxygens (including phenoxy) is 1. The first-order valence-corrected chi connectivity index (χ1v) is 7.19. The summed E-state index contributed by atoms with van der Waals surface area (Å²) in [4.78, 5) is 1.03. The zero-order valence-corrected chi connectivity index (χ0v) is 12.5. The fourth-order valence-corrected chi connectivity index (χ4v) is 3.41. The number of benzene rings is 1. The molecule has 0 radical (unpaired) electrons. The molecule has 6 heteroatoms. The molecule has 0 aliphatic carbocycles. The van der Waals surface area contributed by atoms with Crippen LogP contribution in [0, 0.1) is 0 Å². The monoisotopic (exact) mass is 347 g/mol. The van der Waals surface area contributed by atoms with Gasteiger partial charge in [0.05, 0.1) is 9.83 Å². The van der Waals surface area contributed by atoms with Crippen LogP contribution in [-0.2, 0) is 0 Å². The van der Waals surface area contributed by atoms with Gasteiger partial charge in [0.2, 0.25) is 0 Å². The van der Waals surface area contributed by atoms with Crippen LogP contribution in [0.4, 0.5) is 8.78 Å². The number of para-hydroxylation sites is 1. The van der Waals surface area contributed by atoms with Crippen molar-refractivity contribution in [2.75, 3.05) is 7.05 Å². The minimum absolute atomic E-state index is 0.175. The summed E-state index contributed by atoms with van der Waals surface area (Å²) in [6.07, 6.45) is 0. The summed E-state index contributed by atoms with van der Waals surface area (Å²) in [6, 6.07) is 10.5. The molecule has 0 amide bonds. The van der Waals surface area contributed by atoms with Crippen molar-refractivity contribution < 1.29 is 13.5 Å². The third-order valence-corrected chi connectivity index (χ3v) is 4.30. The number of rotatable bonds is 5. The third kappa shape index (κ3) is 3.52. The number of hydrogen-bond donors (Lipinski definition) is 1. The van der Waals surface area contributed by atoms with E-state index in [1.807, 2.05) is 12.1 Å². The number of halogens is 3. The van der Waals surface area contributed by atoms with Crippen molar-refractivity contribution in [2.45, 2.75) is 12.7 Å². The molecule has 1 heterocycles. The van der Waals surface area contributed by atoms with Gasteiger partial charge in [-0.1, -0.05) is 18.2 Å². The van der Waals surface area contributed by atoms with E-state index in [0.29, 0.717) is 5.56 Å². The molecule has 2 nitrogen and oxygen atoms in total. The van der Waals surface area contributed by atoms with Crippen LogP contribution in [0.5, 0.6) is 5.75 Å². The van der Waals surface area contributed by atoms with Gasteiger partial charge in [0.25, 0.3) is 0 Å². The zero-order valence-electron chi connectivity index (χ0n) is 10.1. The number of thiophene rings is 1. The molecule has 102 valence electrons. The lowest BCUT2D eigenvalue weighted by atomic mass is 10.0. The average Bonchev–Trinajstić information content (AvgIpc) is 2.78. The van der Waals surface area contributed by atoms with E-state index in [0.717, 1.165) is 8.66 Å². The smallest absolute Gasteiger partial charge is 0.387 e. The molecule has 0 fully saturated rings. The van der Waals surface area contributed by atoms with E-state index >= 15 is 0 Å². The van der Waals surface area contributed by atoms with Gasteiger partial charge >= 0.3 is 6.61 Å². The Bertz CT molecular complexity index is 547. The Hall–Kier alpha value is -0.980. The molecule has 0 aliphatic rings. The van der Waals surface area contributed by atoms with Crippen molar-refractivity contribution in [1.29, 1.82) is 0 Å².